The summed E-state index contributed by atoms with van der Waals surface area (Å²) in [5.41, 5.74) is 5.65. The molecule has 0 bridgehead atoms. The molecule has 8 aromatic rings. The van der Waals surface area contributed by atoms with Crippen molar-refractivity contribution in [3.63, 3.8) is 0 Å². The number of carbonyl (C=O) groups is 3. The molecule has 3 amide bonds. The number of nitrogens with one attached hydrogen (secondary N) is 3. The number of halogens is 2. The molecule has 10 nitrogen and oxygen atoms in total. The summed E-state index contributed by atoms with van der Waals surface area (Å²) in [5.74, 6) is -1.10. The second kappa shape index (κ2) is 12.6. The van der Waals surface area contributed by atoms with Gasteiger partial charge in [0.15, 0.2) is 0 Å². The molecular formula is C43H32F2N6O4. The molecule has 0 atom stereocenters. The monoisotopic (exact) mass is 734 g/mol. The first-order chi connectivity index (χ1) is 26.4. The number of carbonyl (C=O) groups excluding carboxylic acids is 3. The maximum absolute atomic E-state index is 14.3. The Bertz CT molecular complexity index is 2930. The molecule has 10 rings (SSSR count). The SMILES string of the molecule is CC(C)(C)OC(=O)N1Cc2[nH]c3c(ccc4cnc(-c5ccccc5F)cc43)c2C1=O.O=C1NCc2[nH]c3c(ccc4cnc(-c5ccccc5F)cc43)c21. The number of hydrogen-bond acceptors (Lipinski definition) is 6. The minimum Gasteiger partial charge on any atom is -0.443 e. The molecule has 0 saturated carbocycles. The lowest BCUT2D eigenvalue weighted by molar-refractivity contribution is 0.0247. The zero-order chi connectivity index (χ0) is 38.2. The molecule has 4 aromatic heterocycles. The normalized spacial score (nSPS) is 13.7. The number of imide groups is 1. The topological polar surface area (TPSA) is 133 Å². The number of ether oxygens (including phenoxy) is 1. The van der Waals surface area contributed by atoms with E-state index in [1.165, 1.54) is 12.1 Å². The number of fused-ring (bicyclic) bond motifs is 10. The summed E-state index contributed by atoms with van der Waals surface area (Å²) in [4.78, 5) is 54.0. The van der Waals surface area contributed by atoms with Crippen LogP contribution in [0.25, 0.3) is 65.9 Å². The minimum absolute atomic E-state index is 0.0565. The highest BCUT2D eigenvalue weighted by atomic mass is 19.1. The maximum Gasteiger partial charge on any atom is 0.417 e. The summed E-state index contributed by atoms with van der Waals surface area (Å²) in [6.45, 7) is 5.90. The lowest BCUT2D eigenvalue weighted by atomic mass is 10.0. The van der Waals surface area contributed by atoms with Gasteiger partial charge in [-0.3, -0.25) is 19.6 Å². The molecule has 2 aliphatic rings. The standard InChI is InChI=1S/C24H20FN3O3.C19H12FN3O/c1-24(2,3)31-23(30)28-12-19-20(22(28)29)15-9-8-13-11-26-18(10-16(13)21(15)27-19)14-6-4-5-7-17(14)25;20-14-4-2-1-3-11(14)15-7-13-10(8-21-15)5-6-12-17-16(23-18(12)13)9-22-19(17)24/h4-11,27H,12H2,1-3H3;1-8,23H,9H2,(H,22,24). The summed E-state index contributed by atoms with van der Waals surface area (Å²) < 4.78 is 33.7. The Hall–Kier alpha value is -6.95. The molecule has 0 fully saturated rings. The summed E-state index contributed by atoms with van der Waals surface area (Å²) in [6.07, 6.45) is 2.77. The summed E-state index contributed by atoms with van der Waals surface area (Å²) in [7, 11) is 0. The van der Waals surface area contributed by atoms with Crippen molar-refractivity contribution in [1.29, 1.82) is 0 Å². The fraction of sp³-hybridized carbons (Fsp3) is 0.140. The van der Waals surface area contributed by atoms with Crippen LogP contribution in [0.4, 0.5) is 13.6 Å². The average molecular weight is 735 g/mol. The van der Waals surface area contributed by atoms with E-state index in [1.807, 2.05) is 36.4 Å². The lowest BCUT2D eigenvalue weighted by Crippen LogP contribution is -2.37. The van der Waals surface area contributed by atoms with Crippen LogP contribution in [0.2, 0.25) is 0 Å². The molecule has 12 heteroatoms. The maximum atomic E-state index is 14.3. The molecule has 0 unspecified atom stereocenters. The van der Waals surface area contributed by atoms with Gasteiger partial charge in [-0.05, 0) is 57.2 Å². The van der Waals surface area contributed by atoms with Crippen molar-refractivity contribution in [2.45, 2.75) is 39.5 Å². The number of H-pyrrole nitrogens is 2. The second-order valence-corrected chi connectivity index (χ2v) is 14.5. The van der Waals surface area contributed by atoms with Crippen LogP contribution in [-0.2, 0) is 17.8 Å². The Morgan fingerprint density at radius 2 is 1.24 bits per heavy atom. The van der Waals surface area contributed by atoms with E-state index in [9.17, 15) is 23.2 Å². The van der Waals surface area contributed by atoms with E-state index in [0.29, 0.717) is 51.3 Å². The Morgan fingerprint density at radius 3 is 1.78 bits per heavy atom. The second-order valence-electron chi connectivity index (χ2n) is 14.5. The number of hydrogen-bond donors (Lipinski definition) is 3. The van der Waals surface area contributed by atoms with E-state index in [0.717, 1.165) is 48.6 Å². The minimum atomic E-state index is -0.692. The molecule has 55 heavy (non-hydrogen) atoms. The van der Waals surface area contributed by atoms with Crippen LogP contribution < -0.4 is 5.32 Å². The van der Waals surface area contributed by atoms with Gasteiger partial charge in [0.05, 0.1) is 46.6 Å². The number of pyridine rings is 2. The number of benzene rings is 4. The van der Waals surface area contributed by atoms with Crippen molar-refractivity contribution in [2.75, 3.05) is 0 Å². The first-order valence-corrected chi connectivity index (χ1v) is 17.6. The predicted molar refractivity (Wildman–Crippen MR) is 205 cm³/mol. The van der Waals surface area contributed by atoms with Crippen LogP contribution in [0.3, 0.4) is 0 Å². The van der Waals surface area contributed by atoms with E-state index < -0.39 is 17.6 Å². The number of aromatic nitrogens is 4. The number of rotatable bonds is 2. The fourth-order valence-corrected chi connectivity index (χ4v) is 7.35. The van der Waals surface area contributed by atoms with E-state index >= 15 is 0 Å². The average Bonchev–Trinajstić information content (AvgIpc) is 3.92. The third kappa shape index (κ3) is 5.73. The highest BCUT2D eigenvalue weighted by Crippen LogP contribution is 2.37. The summed E-state index contributed by atoms with van der Waals surface area (Å²) in [5, 5.41) is 7.99. The van der Waals surface area contributed by atoms with Crippen LogP contribution in [0, 0.1) is 11.6 Å². The molecule has 0 aliphatic carbocycles. The molecule has 0 radical (unpaired) electrons. The van der Waals surface area contributed by atoms with E-state index in [2.05, 4.69) is 25.3 Å². The largest absolute Gasteiger partial charge is 0.443 e. The highest BCUT2D eigenvalue weighted by molar-refractivity contribution is 6.19. The Labute approximate surface area is 312 Å². The highest BCUT2D eigenvalue weighted by Gasteiger charge is 2.38. The molecule has 272 valence electrons. The van der Waals surface area contributed by atoms with Gasteiger partial charge in [0.1, 0.15) is 17.2 Å². The third-order valence-electron chi connectivity index (χ3n) is 9.84. The van der Waals surface area contributed by atoms with Gasteiger partial charge < -0.3 is 20.0 Å². The van der Waals surface area contributed by atoms with Gasteiger partial charge in [-0.25, -0.2) is 18.5 Å². The van der Waals surface area contributed by atoms with Gasteiger partial charge in [0, 0.05) is 67.2 Å². The quantitative estimate of drug-likeness (QED) is 0.162. The molecule has 0 saturated heterocycles. The molecule has 3 N–H and O–H groups in total. The van der Waals surface area contributed by atoms with E-state index in [1.54, 1.807) is 69.6 Å². The van der Waals surface area contributed by atoms with Gasteiger partial charge in [-0.2, -0.15) is 0 Å². The zero-order valence-corrected chi connectivity index (χ0v) is 29.9. The zero-order valence-electron chi connectivity index (χ0n) is 29.9. The first kappa shape index (κ1) is 33.9. The van der Waals surface area contributed by atoms with Gasteiger partial charge in [0.25, 0.3) is 11.8 Å². The molecule has 2 aliphatic heterocycles. The molecule has 4 aromatic carbocycles. The van der Waals surface area contributed by atoms with Crippen molar-refractivity contribution in [1.82, 2.24) is 30.2 Å². The predicted octanol–water partition coefficient (Wildman–Crippen LogP) is 9.18. The fourth-order valence-electron chi connectivity index (χ4n) is 7.35. The van der Waals surface area contributed by atoms with Gasteiger partial charge in [-0.1, -0.05) is 48.5 Å². The third-order valence-corrected chi connectivity index (χ3v) is 9.84. The van der Waals surface area contributed by atoms with Crippen molar-refractivity contribution in [2.24, 2.45) is 0 Å². The molecular weight excluding hydrogens is 703 g/mol. The van der Waals surface area contributed by atoms with Crippen LogP contribution in [0.1, 0.15) is 52.9 Å². The van der Waals surface area contributed by atoms with E-state index in [4.69, 9.17) is 4.74 Å². The van der Waals surface area contributed by atoms with Gasteiger partial charge >= 0.3 is 6.09 Å². The van der Waals surface area contributed by atoms with Crippen molar-refractivity contribution >= 4 is 61.3 Å². The van der Waals surface area contributed by atoms with Crippen molar-refractivity contribution in [3.05, 3.63) is 131 Å². The Balaban J connectivity index is 0.000000149. The van der Waals surface area contributed by atoms with Gasteiger partial charge in [0.2, 0.25) is 0 Å². The first-order valence-electron chi connectivity index (χ1n) is 17.6. The smallest absolute Gasteiger partial charge is 0.417 e. The molecule has 6 heterocycles. The lowest BCUT2D eigenvalue weighted by Gasteiger charge is -2.23. The molecule has 0 spiro atoms. The Morgan fingerprint density at radius 1 is 0.709 bits per heavy atom. The number of amides is 3. The van der Waals surface area contributed by atoms with E-state index in [-0.39, 0.29) is 24.1 Å². The van der Waals surface area contributed by atoms with Gasteiger partial charge in [-0.15, -0.1) is 0 Å². The van der Waals surface area contributed by atoms with Crippen LogP contribution >= 0.6 is 0 Å². The van der Waals surface area contributed by atoms with Crippen LogP contribution in [-0.4, -0.2) is 48.3 Å². The Kier molecular flexibility index (Phi) is 7.75. The van der Waals surface area contributed by atoms with Crippen molar-refractivity contribution < 1.29 is 27.9 Å². The van der Waals surface area contributed by atoms with Crippen LogP contribution in [0.5, 0.6) is 0 Å². The number of aromatic amines is 2. The number of nitrogens with zero attached hydrogens (tertiary/aromatic N) is 3. The van der Waals surface area contributed by atoms with Crippen molar-refractivity contribution in [3.8, 4) is 22.5 Å². The summed E-state index contributed by atoms with van der Waals surface area (Å²) >= 11 is 0. The van der Waals surface area contributed by atoms with Crippen LogP contribution in [0.15, 0.2) is 97.3 Å². The summed E-state index contributed by atoms with van der Waals surface area (Å²) in [6, 6.07) is 24.3.